The molecule has 1 atom stereocenters. The quantitative estimate of drug-likeness (QED) is 0.526. The molecule has 1 aliphatic rings. The summed E-state index contributed by atoms with van der Waals surface area (Å²) >= 11 is 0. The fourth-order valence-electron chi connectivity index (χ4n) is 2.49. The van der Waals surface area contributed by atoms with Crippen LogP contribution in [0.1, 0.15) is 33.1 Å². The molecule has 0 aromatic heterocycles. The van der Waals surface area contributed by atoms with E-state index in [1.54, 1.807) is 4.31 Å². The van der Waals surface area contributed by atoms with E-state index in [2.05, 4.69) is 11.8 Å². The lowest BCUT2D eigenvalue weighted by molar-refractivity contribution is 0.161. The summed E-state index contributed by atoms with van der Waals surface area (Å²) in [6.07, 6.45) is 2.48. The van der Waals surface area contributed by atoms with Gasteiger partial charge in [0.2, 0.25) is 10.0 Å². The minimum absolute atomic E-state index is 0.0407. The van der Waals surface area contributed by atoms with Crippen LogP contribution in [-0.2, 0) is 10.0 Å². The van der Waals surface area contributed by atoms with Gasteiger partial charge in [-0.05, 0) is 12.8 Å². The summed E-state index contributed by atoms with van der Waals surface area (Å²) in [7, 11) is -3.09. The van der Waals surface area contributed by atoms with E-state index in [0.717, 1.165) is 12.8 Å². The molecule has 0 aromatic carbocycles. The van der Waals surface area contributed by atoms with Crippen LogP contribution in [0.3, 0.4) is 0 Å². The summed E-state index contributed by atoms with van der Waals surface area (Å²) in [5, 5.41) is 7.63. The third-order valence-corrected chi connectivity index (χ3v) is 5.57. The van der Waals surface area contributed by atoms with Gasteiger partial charge in [0.15, 0.2) is 0 Å². The first kappa shape index (κ1) is 16.4. The van der Waals surface area contributed by atoms with Gasteiger partial charge in [-0.3, -0.25) is 10.3 Å². The zero-order valence-electron chi connectivity index (χ0n) is 11.9. The van der Waals surface area contributed by atoms with Gasteiger partial charge in [-0.15, -0.1) is 0 Å². The summed E-state index contributed by atoms with van der Waals surface area (Å²) < 4.78 is 25.5. The van der Waals surface area contributed by atoms with Crippen molar-refractivity contribution >= 4 is 15.9 Å². The highest BCUT2D eigenvalue weighted by atomic mass is 32.2. The van der Waals surface area contributed by atoms with Gasteiger partial charge in [-0.1, -0.05) is 20.3 Å². The van der Waals surface area contributed by atoms with Crippen molar-refractivity contribution in [1.82, 2.24) is 9.21 Å². The molecule has 112 valence electrons. The average molecular weight is 290 g/mol. The van der Waals surface area contributed by atoms with E-state index in [4.69, 9.17) is 11.1 Å². The maximum absolute atomic E-state index is 12.0. The van der Waals surface area contributed by atoms with Crippen LogP contribution in [0.25, 0.3) is 0 Å². The van der Waals surface area contributed by atoms with Gasteiger partial charge in [0.1, 0.15) is 5.84 Å². The number of hydrogen-bond acceptors (Lipinski definition) is 4. The van der Waals surface area contributed by atoms with Gasteiger partial charge in [-0.25, -0.2) is 8.42 Å². The second-order valence-electron chi connectivity index (χ2n) is 5.01. The molecule has 6 nitrogen and oxygen atoms in total. The van der Waals surface area contributed by atoms with Crippen molar-refractivity contribution in [3.63, 3.8) is 0 Å². The summed E-state index contributed by atoms with van der Waals surface area (Å²) in [6.45, 7) is 6.28. The van der Waals surface area contributed by atoms with E-state index in [1.165, 1.54) is 0 Å². The molecule has 0 aliphatic carbocycles. The Bertz CT molecular complexity index is 389. The van der Waals surface area contributed by atoms with Crippen LogP contribution in [-0.4, -0.2) is 61.4 Å². The first-order valence-corrected chi connectivity index (χ1v) is 8.59. The van der Waals surface area contributed by atoms with Crippen molar-refractivity contribution in [3.05, 3.63) is 0 Å². The monoisotopic (exact) mass is 290 g/mol. The molecule has 19 heavy (non-hydrogen) atoms. The fraction of sp³-hybridized carbons (Fsp3) is 0.917. The van der Waals surface area contributed by atoms with E-state index in [0.29, 0.717) is 32.6 Å². The van der Waals surface area contributed by atoms with Gasteiger partial charge >= 0.3 is 0 Å². The van der Waals surface area contributed by atoms with Gasteiger partial charge in [0.25, 0.3) is 0 Å². The Hall–Kier alpha value is -0.660. The summed E-state index contributed by atoms with van der Waals surface area (Å²) in [5.41, 5.74) is 5.63. The molecule has 0 saturated carbocycles. The van der Waals surface area contributed by atoms with E-state index in [1.807, 2.05) is 6.92 Å². The van der Waals surface area contributed by atoms with Crippen LogP contribution in [0.5, 0.6) is 0 Å². The lowest BCUT2D eigenvalue weighted by Gasteiger charge is -2.38. The fourth-order valence-corrected chi connectivity index (χ4v) is 3.98. The first-order valence-electron chi connectivity index (χ1n) is 6.98. The molecule has 1 rings (SSSR count). The molecule has 1 heterocycles. The van der Waals surface area contributed by atoms with Gasteiger partial charge in [-0.2, -0.15) is 4.31 Å². The molecule has 1 unspecified atom stereocenters. The van der Waals surface area contributed by atoms with Crippen LogP contribution < -0.4 is 5.73 Å². The third-order valence-electron chi connectivity index (χ3n) is 3.49. The minimum atomic E-state index is -3.09. The zero-order valence-corrected chi connectivity index (χ0v) is 12.7. The second kappa shape index (κ2) is 7.21. The van der Waals surface area contributed by atoms with Gasteiger partial charge < -0.3 is 5.73 Å². The molecule has 0 aromatic rings. The van der Waals surface area contributed by atoms with E-state index >= 15 is 0 Å². The number of nitrogens with zero attached hydrogens (tertiary/aromatic N) is 2. The highest BCUT2D eigenvalue weighted by Crippen LogP contribution is 2.14. The molecule has 1 aliphatic heterocycles. The predicted molar refractivity (Wildman–Crippen MR) is 77.8 cm³/mol. The Balaban J connectivity index is 2.59. The first-order chi connectivity index (χ1) is 8.92. The molecule has 0 amide bonds. The van der Waals surface area contributed by atoms with Crippen molar-refractivity contribution in [3.8, 4) is 0 Å². The van der Waals surface area contributed by atoms with E-state index in [-0.39, 0.29) is 17.6 Å². The Morgan fingerprint density at radius 2 is 1.79 bits per heavy atom. The predicted octanol–water partition coefficient (Wildman–Crippen LogP) is 0.448. The average Bonchev–Trinajstić information content (AvgIpc) is 2.35. The molecule has 0 radical (unpaired) electrons. The zero-order chi connectivity index (χ0) is 14.5. The maximum Gasteiger partial charge on any atom is 0.214 e. The standard InChI is InChI=1S/C12H26N4O2S/c1-3-5-11(12(13)14)15-6-8-16(9-7-15)19(17,18)10-4-2/h11H,3-10H2,1-2H3,(H3,13,14). The smallest absolute Gasteiger partial charge is 0.214 e. The van der Waals surface area contributed by atoms with Crippen molar-refractivity contribution < 1.29 is 8.42 Å². The number of amidine groups is 1. The highest BCUT2D eigenvalue weighted by molar-refractivity contribution is 7.89. The van der Waals surface area contributed by atoms with E-state index < -0.39 is 10.0 Å². The maximum atomic E-state index is 12.0. The normalized spacial score (nSPS) is 20.3. The largest absolute Gasteiger partial charge is 0.386 e. The topological polar surface area (TPSA) is 90.5 Å². The molecule has 0 bridgehead atoms. The van der Waals surface area contributed by atoms with Crippen molar-refractivity contribution in [2.45, 2.75) is 39.2 Å². The number of rotatable bonds is 7. The lowest BCUT2D eigenvalue weighted by atomic mass is 10.1. The molecular formula is C12H26N4O2S. The summed E-state index contributed by atoms with van der Waals surface area (Å²) in [4.78, 5) is 2.13. The van der Waals surface area contributed by atoms with Crippen LogP contribution in [0.4, 0.5) is 0 Å². The number of hydrogen-bond donors (Lipinski definition) is 2. The minimum Gasteiger partial charge on any atom is -0.386 e. The van der Waals surface area contributed by atoms with Crippen molar-refractivity contribution in [2.24, 2.45) is 5.73 Å². The number of piperazine rings is 1. The van der Waals surface area contributed by atoms with Crippen LogP contribution >= 0.6 is 0 Å². The van der Waals surface area contributed by atoms with Crippen molar-refractivity contribution in [2.75, 3.05) is 31.9 Å². The van der Waals surface area contributed by atoms with Crippen LogP contribution in [0.2, 0.25) is 0 Å². The highest BCUT2D eigenvalue weighted by Gasteiger charge is 2.29. The summed E-state index contributed by atoms with van der Waals surface area (Å²) in [5.74, 6) is 0.407. The Labute approximate surface area is 116 Å². The molecule has 0 spiro atoms. The molecule has 7 heteroatoms. The van der Waals surface area contributed by atoms with Crippen LogP contribution in [0.15, 0.2) is 0 Å². The number of nitrogens with two attached hydrogens (primary N) is 1. The second-order valence-corrected chi connectivity index (χ2v) is 7.10. The number of sulfonamides is 1. The Morgan fingerprint density at radius 1 is 1.21 bits per heavy atom. The van der Waals surface area contributed by atoms with Crippen LogP contribution in [0, 0.1) is 5.41 Å². The number of nitrogens with one attached hydrogen (secondary N) is 1. The Morgan fingerprint density at radius 3 is 2.21 bits per heavy atom. The molecule has 3 N–H and O–H groups in total. The summed E-state index contributed by atoms with van der Waals surface area (Å²) in [6, 6.07) is -0.0407. The molecular weight excluding hydrogens is 264 g/mol. The van der Waals surface area contributed by atoms with Crippen molar-refractivity contribution in [1.29, 1.82) is 5.41 Å². The molecule has 1 saturated heterocycles. The van der Waals surface area contributed by atoms with Gasteiger partial charge in [0, 0.05) is 26.2 Å². The molecule has 1 fully saturated rings. The Kier molecular flexibility index (Phi) is 6.22. The SMILES string of the molecule is CCCC(C(=N)N)N1CCN(S(=O)(=O)CCC)CC1. The van der Waals surface area contributed by atoms with E-state index in [9.17, 15) is 8.42 Å². The third kappa shape index (κ3) is 4.43. The van der Waals surface area contributed by atoms with Gasteiger partial charge in [0.05, 0.1) is 11.8 Å². The lowest BCUT2D eigenvalue weighted by Crippen LogP contribution is -2.55.